The minimum Gasteiger partial charge on any atom is -0.462 e. The maximum atomic E-state index is 13.4. The van der Waals surface area contributed by atoms with Crippen molar-refractivity contribution in [3.05, 3.63) is 96.1 Å². The van der Waals surface area contributed by atoms with Crippen LogP contribution in [0.2, 0.25) is 0 Å². The number of sulfonamides is 1. The van der Waals surface area contributed by atoms with Crippen molar-refractivity contribution in [2.24, 2.45) is 0 Å². The molecular weight excluding hydrogens is 374 g/mol. The number of esters is 1. The van der Waals surface area contributed by atoms with Gasteiger partial charge in [0.1, 0.15) is 0 Å². The molecule has 3 rings (SSSR count). The molecule has 0 aliphatic carbocycles. The average Bonchev–Trinajstić information content (AvgIpc) is 2.73. The van der Waals surface area contributed by atoms with Gasteiger partial charge < -0.3 is 4.74 Å². The molecule has 0 heterocycles. The Morgan fingerprint density at radius 2 is 1.54 bits per heavy atom. The molecule has 0 bridgehead atoms. The second kappa shape index (κ2) is 8.71. The van der Waals surface area contributed by atoms with Gasteiger partial charge in [-0.25, -0.2) is 13.2 Å². The Morgan fingerprint density at radius 3 is 2.18 bits per heavy atom. The molecule has 0 amide bonds. The molecule has 0 atom stereocenters. The average molecular weight is 395 g/mol. The summed E-state index contributed by atoms with van der Waals surface area (Å²) in [6, 6.07) is 24.2. The Bertz CT molecular complexity index is 1030. The summed E-state index contributed by atoms with van der Waals surface area (Å²) >= 11 is 0. The third-order valence-corrected chi connectivity index (χ3v) is 5.92. The Morgan fingerprint density at radius 1 is 0.893 bits per heavy atom. The van der Waals surface area contributed by atoms with Gasteiger partial charge in [-0.15, -0.1) is 0 Å². The fourth-order valence-electron chi connectivity index (χ4n) is 2.78. The van der Waals surface area contributed by atoms with Gasteiger partial charge >= 0.3 is 5.97 Å². The van der Waals surface area contributed by atoms with Gasteiger partial charge in [0.2, 0.25) is 0 Å². The summed E-state index contributed by atoms with van der Waals surface area (Å²) in [5.41, 5.74) is 1.61. The number of para-hydroxylation sites is 1. The second-order valence-corrected chi connectivity index (χ2v) is 7.94. The zero-order valence-corrected chi connectivity index (χ0v) is 16.3. The lowest BCUT2D eigenvalue weighted by Gasteiger charge is -2.25. The molecule has 144 valence electrons. The molecule has 0 saturated heterocycles. The SMILES string of the molecule is CCOC(=O)c1cccc(S(=O)(=O)N(Cc2ccccc2)c2ccccc2)c1. The van der Waals surface area contributed by atoms with E-state index in [-0.39, 0.29) is 23.6 Å². The van der Waals surface area contributed by atoms with Crippen LogP contribution in [-0.4, -0.2) is 21.0 Å². The highest BCUT2D eigenvalue weighted by Crippen LogP contribution is 2.26. The molecule has 0 saturated carbocycles. The molecule has 3 aromatic rings. The molecule has 28 heavy (non-hydrogen) atoms. The lowest BCUT2D eigenvalue weighted by atomic mass is 10.2. The van der Waals surface area contributed by atoms with Gasteiger partial charge in [0.25, 0.3) is 10.0 Å². The van der Waals surface area contributed by atoms with Crippen LogP contribution >= 0.6 is 0 Å². The number of benzene rings is 3. The van der Waals surface area contributed by atoms with Crippen LogP contribution in [0.3, 0.4) is 0 Å². The Kier molecular flexibility index (Phi) is 6.11. The molecule has 6 heteroatoms. The molecule has 3 aromatic carbocycles. The molecule has 0 fully saturated rings. The first-order valence-corrected chi connectivity index (χ1v) is 10.4. The first-order chi connectivity index (χ1) is 13.5. The van der Waals surface area contributed by atoms with Gasteiger partial charge in [0.15, 0.2) is 0 Å². The highest BCUT2D eigenvalue weighted by atomic mass is 32.2. The quantitative estimate of drug-likeness (QED) is 0.561. The van der Waals surface area contributed by atoms with Crippen molar-refractivity contribution in [2.45, 2.75) is 18.4 Å². The number of hydrogen-bond acceptors (Lipinski definition) is 4. The van der Waals surface area contributed by atoms with Crippen LogP contribution in [0.15, 0.2) is 89.8 Å². The summed E-state index contributed by atoms with van der Waals surface area (Å²) in [7, 11) is -3.90. The molecule has 5 nitrogen and oxygen atoms in total. The van der Waals surface area contributed by atoms with Crippen molar-refractivity contribution in [2.75, 3.05) is 10.9 Å². The first kappa shape index (κ1) is 19.6. The molecule has 0 aliphatic heterocycles. The van der Waals surface area contributed by atoms with Gasteiger partial charge in [-0.05, 0) is 42.8 Å². The largest absolute Gasteiger partial charge is 0.462 e. The second-order valence-electron chi connectivity index (χ2n) is 6.08. The molecule has 0 N–H and O–H groups in total. The van der Waals surface area contributed by atoms with Crippen LogP contribution in [0, 0.1) is 0 Å². The maximum absolute atomic E-state index is 13.4. The van der Waals surface area contributed by atoms with Crippen LogP contribution in [0.25, 0.3) is 0 Å². The summed E-state index contributed by atoms with van der Waals surface area (Å²) in [6.45, 7) is 2.10. The summed E-state index contributed by atoms with van der Waals surface area (Å²) in [4.78, 5) is 12.1. The zero-order valence-electron chi connectivity index (χ0n) is 15.5. The van der Waals surface area contributed by atoms with Crippen molar-refractivity contribution in [3.8, 4) is 0 Å². The highest BCUT2D eigenvalue weighted by molar-refractivity contribution is 7.92. The Hall–Kier alpha value is -3.12. The predicted octanol–water partition coefficient (Wildman–Crippen LogP) is 4.26. The van der Waals surface area contributed by atoms with Crippen LogP contribution in [0.5, 0.6) is 0 Å². The van der Waals surface area contributed by atoms with E-state index in [0.717, 1.165) is 5.56 Å². The summed E-state index contributed by atoms with van der Waals surface area (Å²) in [6.07, 6.45) is 0. The van der Waals surface area contributed by atoms with E-state index in [1.807, 2.05) is 36.4 Å². The number of carbonyl (C=O) groups is 1. The van der Waals surface area contributed by atoms with Gasteiger partial charge in [-0.2, -0.15) is 0 Å². The van der Waals surface area contributed by atoms with E-state index in [2.05, 4.69) is 0 Å². The van der Waals surface area contributed by atoms with Gasteiger partial charge in [-0.3, -0.25) is 4.31 Å². The van der Waals surface area contributed by atoms with E-state index in [4.69, 9.17) is 4.74 Å². The Labute approximate surface area is 165 Å². The normalized spacial score (nSPS) is 11.0. The first-order valence-electron chi connectivity index (χ1n) is 8.91. The summed E-state index contributed by atoms with van der Waals surface area (Å²) in [5.74, 6) is -0.547. The molecule has 0 aliphatic rings. The maximum Gasteiger partial charge on any atom is 0.338 e. The summed E-state index contributed by atoms with van der Waals surface area (Å²) < 4.78 is 33.2. The zero-order chi connectivity index (χ0) is 20.0. The topological polar surface area (TPSA) is 63.7 Å². The fourth-order valence-corrected chi connectivity index (χ4v) is 4.28. The van der Waals surface area contributed by atoms with Gasteiger partial charge in [-0.1, -0.05) is 54.6 Å². The lowest BCUT2D eigenvalue weighted by molar-refractivity contribution is 0.0526. The third-order valence-electron chi connectivity index (χ3n) is 4.15. The van der Waals surface area contributed by atoms with Gasteiger partial charge in [0, 0.05) is 0 Å². The number of hydrogen-bond donors (Lipinski definition) is 0. The monoisotopic (exact) mass is 395 g/mol. The summed E-state index contributed by atoms with van der Waals surface area (Å²) in [5, 5.41) is 0. The molecule has 0 aromatic heterocycles. The predicted molar refractivity (Wildman–Crippen MR) is 109 cm³/mol. The fraction of sp³-hybridized carbons (Fsp3) is 0.136. The highest BCUT2D eigenvalue weighted by Gasteiger charge is 2.26. The van der Waals surface area contributed by atoms with Crippen molar-refractivity contribution < 1.29 is 17.9 Å². The van der Waals surface area contributed by atoms with E-state index in [1.165, 1.54) is 16.4 Å². The van der Waals surface area contributed by atoms with Crippen molar-refractivity contribution >= 4 is 21.7 Å². The molecule has 0 spiro atoms. The molecule has 0 unspecified atom stereocenters. The number of carbonyl (C=O) groups excluding carboxylic acids is 1. The number of anilines is 1. The van der Waals surface area contributed by atoms with Crippen molar-refractivity contribution in [1.29, 1.82) is 0 Å². The molecular formula is C22H21NO4S. The lowest BCUT2D eigenvalue weighted by Crippen LogP contribution is -2.30. The van der Waals surface area contributed by atoms with E-state index < -0.39 is 16.0 Å². The standard InChI is InChI=1S/C22H21NO4S/c1-2-27-22(24)19-12-9-15-21(16-19)28(25,26)23(20-13-7-4-8-14-20)17-18-10-5-3-6-11-18/h3-16H,2,17H2,1H3. The van der Waals surface area contributed by atoms with Crippen molar-refractivity contribution in [3.63, 3.8) is 0 Å². The van der Waals surface area contributed by atoms with E-state index >= 15 is 0 Å². The molecule has 0 radical (unpaired) electrons. The van der Waals surface area contributed by atoms with Crippen LogP contribution in [-0.2, 0) is 21.3 Å². The van der Waals surface area contributed by atoms with Crippen LogP contribution < -0.4 is 4.31 Å². The van der Waals surface area contributed by atoms with E-state index in [1.54, 1.807) is 43.3 Å². The van der Waals surface area contributed by atoms with E-state index in [0.29, 0.717) is 5.69 Å². The number of nitrogens with zero attached hydrogens (tertiary/aromatic N) is 1. The van der Waals surface area contributed by atoms with E-state index in [9.17, 15) is 13.2 Å². The van der Waals surface area contributed by atoms with Crippen molar-refractivity contribution in [1.82, 2.24) is 0 Å². The number of ether oxygens (including phenoxy) is 1. The minimum atomic E-state index is -3.90. The Balaban J connectivity index is 2.03. The van der Waals surface area contributed by atoms with Crippen LogP contribution in [0.4, 0.5) is 5.69 Å². The third kappa shape index (κ3) is 4.40. The van der Waals surface area contributed by atoms with Crippen LogP contribution in [0.1, 0.15) is 22.8 Å². The minimum absolute atomic E-state index is 0.0397. The number of rotatable bonds is 7. The smallest absolute Gasteiger partial charge is 0.338 e. The van der Waals surface area contributed by atoms with Gasteiger partial charge in [0.05, 0.1) is 29.3 Å².